The quantitative estimate of drug-likeness (QED) is 0.798. The van der Waals surface area contributed by atoms with Crippen molar-refractivity contribution in [3.8, 4) is 5.75 Å². The van der Waals surface area contributed by atoms with Crippen molar-refractivity contribution in [1.29, 1.82) is 0 Å². The van der Waals surface area contributed by atoms with Gasteiger partial charge in [-0.05, 0) is 25.1 Å². The number of aromatic nitrogens is 2. The van der Waals surface area contributed by atoms with Crippen LogP contribution in [0.3, 0.4) is 0 Å². The number of carbonyl (C=O) groups is 1. The zero-order valence-corrected chi connectivity index (χ0v) is 14.9. The van der Waals surface area contributed by atoms with Gasteiger partial charge in [0.05, 0.1) is 5.02 Å². The minimum absolute atomic E-state index is 0.0340. The van der Waals surface area contributed by atoms with Crippen molar-refractivity contribution in [3.05, 3.63) is 34.1 Å². The summed E-state index contributed by atoms with van der Waals surface area (Å²) in [7, 11) is -3.60. The van der Waals surface area contributed by atoms with Crippen LogP contribution < -0.4 is 10.1 Å². The molecule has 0 aliphatic heterocycles. The van der Waals surface area contributed by atoms with Crippen molar-refractivity contribution in [1.82, 2.24) is 15.5 Å². The average Bonchev–Trinajstić information content (AvgIpc) is 2.96. The lowest BCUT2D eigenvalue weighted by atomic mass is 10.3. The molecule has 1 aromatic heterocycles. The van der Waals surface area contributed by atoms with Gasteiger partial charge in [0.1, 0.15) is 11.8 Å². The van der Waals surface area contributed by atoms with Crippen LogP contribution in [0, 0.1) is 0 Å². The zero-order valence-electron chi connectivity index (χ0n) is 12.6. The van der Waals surface area contributed by atoms with E-state index in [2.05, 4.69) is 15.5 Å². The fraction of sp³-hybridized carbons (Fsp3) is 0.308. The number of halogens is 2. The highest BCUT2D eigenvalue weighted by Gasteiger charge is 2.21. The van der Waals surface area contributed by atoms with Crippen LogP contribution in [0.4, 0.5) is 0 Å². The zero-order chi connectivity index (χ0) is 17.9. The molecule has 2 rings (SSSR count). The van der Waals surface area contributed by atoms with Gasteiger partial charge in [-0.1, -0.05) is 28.3 Å². The molecule has 0 spiro atoms. The van der Waals surface area contributed by atoms with Crippen molar-refractivity contribution < 1.29 is 22.4 Å². The van der Waals surface area contributed by atoms with Gasteiger partial charge >= 0.3 is 5.22 Å². The minimum Gasteiger partial charge on any atom is -0.482 e. The first kappa shape index (κ1) is 18.5. The van der Waals surface area contributed by atoms with E-state index in [-0.39, 0.29) is 17.5 Å². The number of rotatable bonds is 6. The molecule has 0 aliphatic rings. The fourth-order valence-corrected chi connectivity index (χ4v) is 2.51. The van der Waals surface area contributed by atoms with Crippen LogP contribution in [-0.2, 0) is 14.6 Å². The van der Waals surface area contributed by atoms with Crippen LogP contribution in [0.15, 0.2) is 27.8 Å². The molecule has 24 heavy (non-hydrogen) atoms. The molecule has 0 bridgehead atoms. The maximum atomic E-state index is 11.9. The highest BCUT2D eigenvalue weighted by atomic mass is 35.5. The lowest BCUT2D eigenvalue weighted by Gasteiger charge is -2.11. The van der Waals surface area contributed by atoms with Gasteiger partial charge in [-0.2, -0.15) is 0 Å². The predicted octanol–water partition coefficient (Wildman–Crippen LogP) is 2.04. The van der Waals surface area contributed by atoms with Gasteiger partial charge in [-0.25, -0.2) is 8.42 Å². The number of nitrogens with zero attached hydrogens (tertiary/aromatic N) is 2. The SMILES string of the molecule is C[C@H](NC(=O)COc1ccc(Cl)cc1Cl)c1nnc(S(C)(=O)=O)o1. The highest BCUT2D eigenvalue weighted by Crippen LogP contribution is 2.27. The van der Waals surface area contributed by atoms with Gasteiger partial charge in [0, 0.05) is 11.3 Å². The van der Waals surface area contributed by atoms with E-state index in [0.717, 1.165) is 6.26 Å². The van der Waals surface area contributed by atoms with Crippen LogP contribution >= 0.6 is 23.2 Å². The first-order valence-corrected chi connectivity index (χ1v) is 9.22. The highest BCUT2D eigenvalue weighted by molar-refractivity contribution is 7.90. The van der Waals surface area contributed by atoms with Gasteiger partial charge < -0.3 is 14.5 Å². The number of hydrogen-bond donors (Lipinski definition) is 1. The summed E-state index contributed by atoms with van der Waals surface area (Å²) >= 11 is 11.7. The molecule has 2 aromatic rings. The molecule has 8 nitrogen and oxygen atoms in total. The Hall–Kier alpha value is -1.84. The summed E-state index contributed by atoms with van der Waals surface area (Å²) in [5.41, 5.74) is 0. The first-order chi connectivity index (χ1) is 11.2. The second-order valence-electron chi connectivity index (χ2n) is 4.83. The van der Waals surface area contributed by atoms with E-state index in [9.17, 15) is 13.2 Å². The standard InChI is InChI=1S/C13H13Cl2N3O5S/c1-7(12-17-18-13(23-12)24(2,20)21)16-11(19)6-22-10-4-3-8(14)5-9(10)15/h3-5,7H,6H2,1-2H3,(H,16,19)/t7-/m0/s1. The number of benzene rings is 1. The van der Waals surface area contributed by atoms with Crippen LogP contribution in [0.25, 0.3) is 0 Å². The Morgan fingerprint density at radius 2 is 2.08 bits per heavy atom. The van der Waals surface area contributed by atoms with Gasteiger partial charge in [-0.3, -0.25) is 4.79 Å². The maximum absolute atomic E-state index is 11.9. The summed E-state index contributed by atoms with van der Waals surface area (Å²) in [6.07, 6.45) is 0.942. The molecule has 11 heteroatoms. The van der Waals surface area contributed by atoms with Gasteiger partial charge in [-0.15, -0.1) is 5.10 Å². The van der Waals surface area contributed by atoms with Crippen molar-refractivity contribution in [2.75, 3.05) is 12.9 Å². The minimum atomic E-state index is -3.60. The maximum Gasteiger partial charge on any atom is 0.335 e. The molecular formula is C13H13Cl2N3O5S. The lowest BCUT2D eigenvalue weighted by molar-refractivity contribution is -0.123. The van der Waals surface area contributed by atoms with Gasteiger partial charge in [0.15, 0.2) is 6.61 Å². The second kappa shape index (κ2) is 7.37. The second-order valence-corrected chi connectivity index (χ2v) is 7.57. The predicted molar refractivity (Wildman–Crippen MR) is 85.9 cm³/mol. The Bertz CT molecular complexity index is 853. The van der Waals surface area contributed by atoms with Crippen LogP contribution in [-0.4, -0.2) is 37.4 Å². The van der Waals surface area contributed by atoms with E-state index in [0.29, 0.717) is 10.8 Å². The van der Waals surface area contributed by atoms with E-state index in [1.165, 1.54) is 12.1 Å². The summed E-state index contributed by atoms with van der Waals surface area (Å²) in [6, 6.07) is 3.92. The van der Waals surface area contributed by atoms with E-state index in [1.54, 1.807) is 13.0 Å². The van der Waals surface area contributed by atoms with Gasteiger partial charge in [0.25, 0.3) is 5.91 Å². The molecule has 0 unspecified atom stereocenters. The summed E-state index contributed by atoms with van der Waals surface area (Å²) in [5.74, 6) is -0.207. The van der Waals surface area contributed by atoms with Crippen molar-refractivity contribution >= 4 is 38.9 Å². The normalized spacial score (nSPS) is 12.7. The number of nitrogens with one attached hydrogen (secondary N) is 1. The smallest absolute Gasteiger partial charge is 0.335 e. The summed E-state index contributed by atoms with van der Waals surface area (Å²) in [6.45, 7) is 1.26. The molecular weight excluding hydrogens is 381 g/mol. The average molecular weight is 394 g/mol. The molecule has 1 N–H and O–H groups in total. The number of sulfone groups is 1. The molecule has 1 atom stereocenters. The Morgan fingerprint density at radius 1 is 1.38 bits per heavy atom. The third-order valence-corrected chi connectivity index (χ3v) is 4.07. The molecule has 0 aliphatic carbocycles. The summed E-state index contributed by atoms with van der Waals surface area (Å²) in [4.78, 5) is 11.9. The lowest BCUT2D eigenvalue weighted by Crippen LogP contribution is -2.31. The summed E-state index contributed by atoms with van der Waals surface area (Å²) < 4.78 is 32.9. The van der Waals surface area contributed by atoms with Crippen molar-refractivity contribution in [2.45, 2.75) is 18.2 Å². The summed E-state index contributed by atoms with van der Waals surface area (Å²) in [5, 5.41) is 9.75. The first-order valence-electron chi connectivity index (χ1n) is 6.57. The van der Waals surface area contributed by atoms with E-state index < -0.39 is 27.0 Å². The molecule has 1 amide bonds. The number of ether oxygens (including phenoxy) is 1. The number of amides is 1. The third-order valence-electron chi connectivity index (χ3n) is 2.74. The monoisotopic (exact) mass is 393 g/mol. The Labute approximate surface area is 148 Å². The van der Waals surface area contributed by atoms with Crippen LogP contribution in [0.1, 0.15) is 18.9 Å². The van der Waals surface area contributed by atoms with Crippen LogP contribution in [0.5, 0.6) is 5.75 Å². The largest absolute Gasteiger partial charge is 0.482 e. The number of carbonyl (C=O) groups excluding carboxylic acids is 1. The molecule has 0 fully saturated rings. The third kappa shape index (κ3) is 4.83. The van der Waals surface area contributed by atoms with E-state index in [4.69, 9.17) is 32.4 Å². The Balaban J connectivity index is 1.93. The fourth-order valence-electron chi connectivity index (χ4n) is 1.63. The Kier molecular flexibility index (Phi) is 5.68. The molecule has 0 saturated heterocycles. The molecule has 1 heterocycles. The topological polar surface area (TPSA) is 111 Å². The molecule has 0 saturated carbocycles. The van der Waals surface area contributed by atoms with Crippen molar-refractivity contribution in [2.24, 2.45) is 0 Å². The van der Waals surface area contributed by atoms with Crippen LogP contribution in [0.2, 0.25) is 10.0 Å². The number of hydrogen-bond acceptors (Lipinski definition) is 7. The Morgan fingerprint density at radius 3 is 2.67 bits per heavy atom. The molecule has 130 valence electrons. The van der Waals surface area contributed by atoms with Gasteiger partial charge in [0.2, 0.25) is 15.7 Å². The van der Waals surface area contributed by atoms with Crippen molar-refractivity contribution in [3.63, 3.8) is 0 Å². The molecule has 0 radical (unpaired) electrons. The van der Waals surface area contributed by atoms with E-state index in [1.807, 2.05) is 0 Å². The molecule has 1 aromatic carbocycles. The van der Waals surface area contributed by atoms with E-state index >= 15 is 0 Å².